The Bertz CT molecular complexity index is 478. The summed E-state index contributed by atoms with van der Waals surface area (Å²) in [4.78, 5) is 2.53. The maximum atomic E-state index is 13.5. The third-order valence-electron chi connectivity index (χ3n) is 5.15. The Morgan fingerprint density at radius 1 is 1.10 bits per heavy atom. The van der Waals surface area contributed by atoms with Gasteiger partial charge < -0.3 is 9.64 Å². The van der Waals surface area contributed by atoms with E-state index in [4.69, 9.17) is 4.74 Å². The van der Waals surface area contributed by atoms with E-state index in [2.05, 4.69) is 11.8 Å². The molecule has 0 radical (unpaired) electrons. The number of methoxy groups -OCH3 is 1. The largest absolute Gasteiger partial charge is 0.494 e. The molecule has 2 fully saturated rings. The molecule has 2 nitrogen and oxygen atoms in total. The standard InChI is InChI=1S/C18H26FNO/c1-3-13-4-7-15(8-5-13)20(16-9-10-16)17-11-6-14(19)12-18(17)21-2/h6,11-13,15-16H,3-5,7-10H2,1-2H3/t13-,15+. The summed E-state index contributed by atoms with van der Waals surface area (Å²) >= 11 is 0. The summed E-state index contributed by atoms with van der Waals surface area (Å²) < 4.78 is 18.9. The van der Waals surface area contributed by atoms with Crippen molar-refractivity contribution in [2.45, 2.75) is 64.0 Å². The Morgan fingerprint density at radius 3 is 2.24 bits per heavy atom. The van der Waals surface area contributed by atoms with Crippen molar-refractivity contribution in [3.63, 3.8) is 0 Å². The molecule has 0 heterocycles. The number of benzene rings is 1. The maximum absolute atomic E-state index is 13.5. The number of hydrogen-bond donors (Lipinski definition) is 0. The van der Waals surface area contributed by atoms with Gasteiger partial charge in [-0.2, -0.15) is 0 Å². The molecule has 0 bridgehead atoms. The van der Waals surface area contributed by atoms with Crippen LogP contribution < -0.4 is 9.64 Å². The SMILES string of the molecule is CC[C@H]1CC[C@@H](N(c2ccc(F)cc2OC)C2CC2)CC1. The topological polar surface area (TPSA) is 12.5 Å². The minimum Gasteiger partial charge on any atom is -0.494 e. The van der Waals surface area contributed by atoms with Crippen molar-refractivity contribution in [3.8, 4) is 5.75 Å². The summed E-state index contributed by atoms with van der Waals surface area (Å²) in [7, 11) is 1.64. The van der Waals surface area contributed by atoms with Crippen LogP contribution in [0.15, 0.2) is 18.2 Å². The Balaban J connectivity index is 1.82. The molecule has 0 spiro atoms. The van der Waals surface area contributed by atoms with E-state index in [-0.39, 0.29) is 5.82 Å². The van der Waals surface area contributed by atoms with Gasteiger partial charge in [0.05, 0.1) is 12.8 Å². The van der Waals surface area contributed by atoms with Crippen molar-refractivity contribution >= 4 is 5.69 Å². The highest BCUT2D eigenvalue weighted by molar-refractivity contribution is 5.61. The molecule has 1 aromatic carbocycles. The van der Waals surface area contributed by atoms with E-state index in [9.17, 15) is 4.39 Å². The van der Waals surface area contributed by atoms with Crippen LogP contribution in [-0.2, 0) is 0 Å². The van der Waals surface area contributed by atoms with Crippen molar-refractivity contribution in [2.24, 2.45) is 5.92 Å². The fourth-order valence-electron chi connectivity index (χ4n) is 3.74. The monoisotopic (exact) mass is 291 g/mol. The van der Waals surface area contributed by atoms with Gasteiger partial charge in [-0.3, -0.25) is 0 Å². The zero-order valence-corrected chi connectivity index (χ0v) is 13.1. The van der Waals surface area contributed by atoms with E-state index in [0.717, 1.165) is 11.6 Å². The molecule has 2 aliphatic rings. The van der Waals surface area contributed by atoms with E-state index in [1.54, 1.807) is 13.2 Å². The van der Waals surface area contributed by atoms with Crippen LogP contribution in [0.1, 0.15) is 51.9 Å². The summed E-state index contributed by atoms with van der Waals surface area (Å²) in [6.45, 7) is 2.30. The van der Waals surface area contributed by atoms with Gasteiger partial charge in [0.25, 0.3) is 0 Å². The zero-order chi connectivity index (χ0) is 14.8. The van der Waals surface area contributed by atoms with Gasteiger partial charge in [-0.05, 0) is 56.6 Å². The first-order chi connectivity index (χ1) is 10.2. The van der Waals surface area contributed by atoms with Crippen LogP contribution in [0.4, 0.5) is 10.1 Å². The molecule has 0 amide bonds. The molecule has 0 unspecified atom stereocenters. The summed E-state index contributed by atoms with van der Waals surface area (Å²) in [6.07, 6.45) is 8.99. The molecule has 0 aliphatic heterocycles. The molecular weight excluding hydrogens is 265 g/mol. The van der Waals surface area contributed by atoms with Gasteiger partial charge in [-0.25, -0.2) is 4.39 Å². The molecule has 0 aromatic heterocycles. The molecule has 3 rings (SSSR count). The minimum absolute atomic E-state index is 0.221. The second-order valence-electron chi connectivity index (χ2n) is 6.54. The number of anilines is 1. The summed E-state index contributed by atoms with van der Waals surface area (Å²) in [5.74, 6) is 1.36. The van der Waals surface area contributed by atoms with Gasteiger partial charge in [0.15, 0.2) is 0 Å². The predicted octanol–water partition coefficient (Wildman–Crippen LogP) is 4.77. The number of hydrogen-bond acceptors (Lipinski definition) is 2. The lowest BCUT2D eigenvalue weighted by atomic mass is 9.83. The number of halogens is 1. The predicted molar refractivity (Wildman–Crippen MR) is 84.5 cm³/mol. The third kappa shape index (κ3) is 3.17. The number of ether oxygens (including phenoxy) is 1. The van der Waals surface area contributed by atoms with Crippen molar-refractivity contribution < 1.29 is 9.13 Å². The maximum Gasteiger partial charge on any atom is 0.145 e. The van der Waals surface area contributed by atoms with Crippen LogP contribution in [0, 0.1) is 11.7 Å². The van der Waals surface area contributed by atoms with Crippen LogP contribution in [-0.4, -0.2) is 19.2 Å². The fraction of sp³-hybridized carbons (Fsp3) is 0.667. The fourth-order valence-corrected chi connectivity index (χ4v) is 3.74. The van der Waals surface area contributed by atoms with Crippen molar-refractivity contribution in [1.29, 1.82) is 0 Å². The highest BCUT2D eigenvalue weighted by Crippen LogP contribution is 2.42. The Labute approximate surface area is 127 Å². The molecule has 3 heteroatoms. The van der Waals surface area contributed by atoms with Crippen LogP contribution in [0.3, 0.4) is 0 Å². The average molecular weight is 291 g/mol. The van der Waals surface area contributed by atoms with E-state index in [1.165, 1.54) is 51.0 Å². The molecule has 0 atom stereocenters. The Morgan fingerprint density at radius 2 is 1.71 bits per heavy atom. The van der Waals surface area contributed by atoms with Gasteiger partial charge in [-0.15, -0.1) is 0 Å². The zero-order valence-electron chi connectivity index (χ0n) is 13.1. The summed E-state index contributed by atoms with van der Waals surface area (Å²) in [6, 6.07) is 6.21. The van der Waals surface area contributed by atoms with E-state index < -0.39 is 0 Å². The molecule has 0 N–H and O–H groups in total. The average Bonchev–Trinajstić information content (AvgIpc) is 3.34. The minimum atomic E-state index is -0.221. The molecular formula is C18H26FNO. The van der Waals surface area contributed by atoms with Crippen LogP contribution >= 0.6 is 0 Å². The first kappa shape index (κ1) is 14.7. The van der Waals surface area contributed by atoms with E-state index >= 15 is 0 Å². The van der Waals surface area contributed by atoms with Crippen LogP contribution in [0.25, 0.3) is 0 Å². The highest BCUT2D eigenvalue weighted by Gasteiger charge is 2.37. The van der Waals surface area contributed by atoms with Crippen LogP contribution in [0.2, 0.25) is 0 Å². The summed E-state index contributed by atoms with van der Waals surface area (Å²) in [5.41, 5.74) is 1.08. The van der Waals surface area contributed by atoms with E-state index in [1.807, 2.05) is 6.07 Å². The number of rotatable bonds is 5. The molecule has 0 saturated heterocycles. The normalized spacial score (nSPS) is 25.7. The Kier molecular flexibility index (Phi) is 4.37. The molecule has 2 saturated carbocycles. The van der Waals surface area contributed by atoms with Gasteiger partial charge in [0.2, 0.25) is 0 Å². The highest BCUT2D eigenvalue weighted by atomic mass is 19.1. The first-order valence-electron chi connectivity index (χ1n) is 8.34. The quantitative estimate of drug-likeness (QED) is 0.774. The first-order valence-corrected chi connectivity index (χ1v) is 8.34. The molecule has 2 aliphatic carbocycles. The van der Waals surface area contributed by atoms with E-state index in [0.29, 0.717) is 17.8 Å². The van der Waals surface area contributed by atoms with Gasteiger partial charge in [0.1, 0.15) is 11.6 Å². The Hall–Kier alpha value is -1.25. The summed E-state index contributed by atoms with van der Waals surface area (Å²) in [5, 5.41) is 0. The molecule has 21 heavy (non-hydrogen) atoms. The third-order valence-corrected chi connectivity index (χ3v) is 5.15. The van der Waals surface area contributed by atoms with Crippen molar-refractivity contribution in [3.05, 3.63) is 24.0 Å². The molecule has 116 valence electrons. The lowest BCUT2D eigenvalue weighted by Crippen LogP contribution is -2.40. The van der Waals surface area contributed by atoms with Crippen molar-refractivity contribution in [1.82, 2.24) is 0 Å². The van der Waals surface area contributed by atoms with Crippen LogP contribution in [0.5, 0.6) is 5.75 Å². The lowest BCUT2D eigenvalue weighted by Gasteiger charge is -2.39. The number of nitrogens with zero attached hydrogens (tertiary/aromatic N) is 1. The molecule has 1 aromatic rings. The lowest BCUT2D eigenvalue weighted by molar-refractivity contribution is 0.305. The second kappa shape index (κ2) is 6.25. The van der Waals surface area contributed by atoms with Crippen molar-refractivity contribution in [2.75, 3.05) is 12.0 Å². The van der Waals surface area contributed by atoms with Gasteiger partial charge in [-0.1, -0.05) is 13.3 Å². The van der Waals surface area contributed by atoms with Gasteiger partial charge in [0, 0.05) is 18.2 Å². The smallest absolute Gasteiger partial charge is 0.145 e. The second-order valence-corrected chi connectivity index (χ2v) is 6.54. The van der Waals surface area contributed by atoms with Gasteiger partial charge >= 0.3 is 0 Å².